The Morgan fingerprint density at radius 3 is 2.32 bits per heavy atom. The normalized spacial score (nSPS) is 15.7. The average Bonchev–Trinajstić information content (AvgIpc) is 3.40. The first kappa shape index (κ1) is 21.9. The molecule has 0 bridgehead atoms. The standard InChI is InChI=1S/C28H28N4O2/c1-30(17-21-10-4-2-5-11-21)27(34)20-32-25-15-9-8-14-24(25)29-28(32)23-16-26(33)31(19-23)18-22-12-6-3-7-13-22/h2-15,23H,16-20H2,1H3. The van der Waals surface area contributed by atoms with E-state index in [0.717, 1.165) is 28.0 Å². The molecule has 172 valence electrons. The zero-order valence-corrected chi connectivity index (χ0v) is 19.3. The number of hydrogen-bond donors (Lipinski definition) is 0. The number of hydrogen-bond acceptors (Lipinski definition) is 3. The number of likely N-dealkylation sites (N-methyl/N-ethyl adjacent to an activating group) is 1. The molecule has 6 heteroatoms. The summed E-state index contributed by atoms with van der Waals surface area (Å²) in [5.74, 6) is 0.904. The van der Waals surface area contributed by atoms with Crippen LogP contribution >= 0.6 is 0 Å². The number of rotatable bonds is 7. The van der Waals surface area contributed by atoms with Gasteiger partial charge >= 0.3 is 0 Å². The Morgan fingerprint density at radius 2 is 1.59 bits per heavy atom. The predicted octanol–water partition coefficient (Wildman–Crippen LogP) is 4.21. The summed E-state index contributed by atoms with van der Waals surface area (Å²) in [6, 6.07) is 27.9. The summed E-state index contributed by atoms with van der Waals surface area (Å²) in [7, 11) is 1.83. The van der Waals surface area contributed by atoms with Gasteiger partial charge in [-0.3, -0.25) is 9.59 Å². The van der Waals surface area contributed by atoms with Crippen molar-refractivity contribution in [3.63, 3.8) is 0 Å². The van der Waals surface area contributed by atoms with Crippen LogP contribution in [0.5, 0.6) is 0 Å². The molecule has 1 aromatic heterocycles. The number of benzene rings is 3. The first-order valence-electron chi connectivity index (χ1n) is 11.6. The highest BCUT2D eigenvalue weighted by molar-refractivity contribution is 5.83. The van der Waals surface area contributed by atoms with Gasteiger partial charge in [0, 0.05) is 39.0 Å². The van der Waals surface area contributed by atoms with Gasteiger partial charge in [0.2, 0.25) is 11.8 Å². The Balaban J connectivity index is 1.38. The van der Waals surface area contributed by atoms with E-state index in [-0.39, 0.29) is 24.3 Å². The highest BCUT2D eigenvalue weighted by atomic mass is 16.2. The fourth-order valence-electron chi connectivity index (χ4n) is 4.68. The lowest BCUT2D eigenvalue weighted by molar-refractivity contribution is -0.131. The third-order valence-corrected chi connectivity index (χ3v) is 6.46. The van der Waals surface area contributed by atoms with Crippen molar-refractivity contribution >= 4 is 22.8 Å². The zero-order valence-electron chi connectivity index (χ0n) is 19.3. The summed E-state index contributed by atoms with van der Waals surface area (Å²) in [6.07, 6.45) is 0.407. The van der Waals surface area contributed by atoms with E-state index in [9.17, 15) is 9.59 Å². The summed E-state index contributed by atoms with van der Waals surface area (Å²) < 4.78 is 2.00. The Labute approximate surface area is 199 Å². The molecular formula is C28H28N4O2. The number of carbonyl (C=O) groups excluding carboxylic acids is 2. The van der Waals surface area contributed by atoms with Gasteiger partial charge in [0.05, 0.1) is 11.0 Å². The van der Waals surface area contributed by atoms with Crippen molar-refractivity contribution in [2.75, 3.05) is 13.6 Å². The SMILES string of the molecule is CN(Cc1ccccc1)C(=O)Cn1c(C2CC(=O)N(Cc3ccccc3)C2)nc2ccccc21. The van der Waals surface area contributed by atoms with Crippen molar-refractivity contribution in [1.29, 1.82) is 0 Å². The number of carbonyl (C=O) groups is 2. The lowest BCUT2D eigenvalue weighted by atomic mass is 10.1. The van der Waals surface area contributed by atoms with Crippen molar-refractivity contribution in [3.8, 4) is 0 Å². The second-order valence-corrected chi connectivity index (χ2v) is 8.94. The second kappa shape index (κ2) is 9.51. The lowest BCUT2D eigenvalue weighted by Gasteiger charge is -2.20. The van der Waals surface area contributed by atoms with Gasteiger partial charge in [0.25, 0.3) is 0 Å². The predicted molar refractivity (Wildman–Crippen MR) is 132 cm³/mol. The van der Waals surface area contributed by atoms with E-state index in [1.165, 1.54) is 0 Å². The molecule has 3 aromatic carbocycles. The number of nitrogens with zero attached hydrogens (tertiary/aromatic N) is 4. The molecule has 0 N–H and O–H groups in total. The fourth-order valence-corrected chi connectivity index (χ4v) is 4.68. The summed E-state index contributed by atoms with van der Waals surface area (Å²) in [5.41, 5.74) is 3.98. The smallest absolute Gasteiger partial charge is 0.242 e. The molecule has 1 unspecified atom stereocenters. The van der Waals surface area contributed by atoms with Crippen LogP contribution in [0.2, 0.25) is 0 Å². The number of likely N-dealkylation sites (tertiary alicyclic amines) is 1. The zero-order chi connectivity index (χ0) is 23.5. The molecule has 1 saturated heterocycles. The average molecular weight is 453 g/mol. The van der Waals surface area contributed by atoms with Crippen LogP contribution in [0.1, 0.15) is 29.3 Å². The molecule has 2 heterocycles. The molecule has 0 aliphatic carbocycles. The number of aromatic nitrogens is 2. The quantitative estimate of drug-likeness (QED) is 0.422. The molecule has 5 rings (SSSR count). The van der Waals surface area contributed by atoms with Gasteiger partial charge in [-0.1, -0.05) is 72.8 Å². The third kappa shape index (κ3) is 4.57. The van der Waals surface area contributed by atoms with Gasteiger partial charge in [-0.15, -0.1) is 0 Å². The van der Waals surface area contributed by atoms with Crippen LogP contribution in [0.4, 0.5) is 0 Å². The number of fused-ring (bicyclic) bond motifs is 1. The Hall–Kier alpha value is -3.93. The first-order chi connectivity index (χ1) is 16.6. The van der Waals surface area contributed by atoms with Crippen LogP contribution in [-0.2, 0) is 29.2 Å². The van der Waals surface area contributed by atoms with Crippen molar-refractivity contribution in [1.82, 2.24) is 19.4 Å². The van der Waals surface area contributed by atoms with E-state index in [1.807, 2.05) is 101 Å². The number of para-hydroxylation sites is 2. The lowest BCUT2D eigenvalue weighted by Crippen LogP contribution is -2.30. The maximum Gasteiger partial charge on any atom is 0.242 e. The molecule has 0 spiro atoms. The Kier molecular flexibility index (Phi) is 6.12. The molecule has 1 aliphatic heterocycles. The van der Waals surface area contributed by atoms with Gasteiger partial charge in [-0.2, -0.15) is 0 Å². The van der Waals surface area contributed by atoms with Gasteiger partial charge in [0.1, 0.15) is 12.4 Å². The van der Waals surface area contributed by atoms with Gasteiger partial charge in [0.15, 0.2) is 0 Å². The molecular weight excluding hydrogens is 424 g/mol. The molecule has 1 atom stereocenters. The number of imidazole rings is 1. The second-order valence-electron chi connectivity index (χ2n) is 8.94. The van der Waals surface area contributed by atoms with Crippen LogP contribution in [0, 0.1) is 0 Å². The molecule has 1 aliphatic rings. The first-order valence-corrected chi connectivity index (χ1v) is 11.6. The minimum Gasteiger partial charge on any atom is -0.340 e. The fraction of sp³-hybridized carbons (Fsp3) is 0.250. The van der Waals surface area contributed by atoms with E-state index in [1.54, 1.807) is 4.90 Å². The Morgan fingerprint density at radius 1 is 0.941 bits per heavy atom. The van der Waals surface area contributed by atoms with E-state index in [4.69, 9.17) is 4.98 Å². The molecule has 6 nitrogen and oxygen atoms in total. The van der Waals surface area contributed by atoms with Gasteiger partial charge in [-0.05, 0) is 23.3 Å². The van der Waals surface area contributed by atoms with Crippen molar-refractivity contribution in [2.24, 2.45) is 0 Å². The molecule has 0 radical (unpaired) electrons. The monoisotopic (exact) mass is 452 g/mol. The number of amides is 2. The topological polar surface area (TPSA) is 58.4 Å². The summed E-state index contributed by atoms with van der Waals surface area (Å²) >= 11 is 0. The minimum absolute atomic E-state index is 0.0127. The van der Waals surface area contributed by atoms with Crippen molar-refractivity contribution < 1.29 is 9.59 Å². The largest absolute Gasteiger partial charge is 0.340 e. The minimum atomic E-state index is -0.0455. The molecule has 0 saturated carbocycles. The summed E-state index contributed by atoms with van der Waals surface area (Å²) in [6.45, 7) is 1.94. The van der Waals surface area contributed by atoms with E-state index >= 15 is 0 Å². The summed E-state index contributed by atoms with van der Waals surface area (Å²) in [4.78, 5) is 34.6. The Bertz CT molecular complexity index is 1300. The van der Waals surface area contributed by atoms with Crippen LogP contribution < -0.4 is 0 Å². The molecule has 4 aromatic rings. The van der Waals surface area contributed by atoms with Crippen molar-refractivity contribution in [2.45, 2.75) is 32.0 Å². The highest BCUT2D eigenvalue weighted by Gasteiger charge is 2.34. The highest BCUT2D eigenvalue weighted by Crippen LogP contribution is 2.31. The van der Waals surface area contributed by atoms with Crippen LogP contribution in [0.15, 0.2) is 84.9 Å². The van der Waals surface area contributed by atoms with E-state index in [2.05, 4.69) is 0 Å². The van der Waals surface area contributed by atoms with Crippen LogP contribution in [0.25, 0.3) is 11.0 Å². The van der Waals surface area contributed by atoms with E-state index < -0.39 is 0 Å². The molecule has 2 amide bonds. The maximum atomic E-state index is 13.2. The van der Waals surface area contributed by atoms with Crippen LogP contribution in [0.3, 0.4) is 0 Å². The van der Waals surface area contributed by atoms with Crippen molar-refractivity contribution in [3.05, 3.63) is 102 Å². The summed E-state index contributed by atoms with van der Waals surface area (Å²) in [5, 5.41) is 0. The van der Waals surface area contributed by atoms with Crippen LogP contribution in [-0.4, -0.2) is 44.8 Å². The molecule has 34 heavy (non-hydrogen) atoms. The maximum absolute atomic E-state index is 13.2. The van der Waals surface area contributed by atoms with Gasteiger partial charge in [-0.25, -0.2) is 4.98 Å². The van der Waals surface area contributed by atoms with Gasteiger partial charge < -0.3 is 14.4 Å². The third-order valence-electron chi connectivity index (χ3n) is 6.46. The molecule has 1 fully saturated rings. The van der Waals surface area contributed by atoms with E-state index in [0.29, 0.717) is 26.1 Å².